The minimum Gasteiger partial charge on any atom is -0.365 e. The summed E-state index contributed by atoms with van der Waals surface area (Å²) in [6.07, 6.45) is -0.142. The quantitative estimate of drug-likeness (QED) is 0.867. The largest absolute Gasteiger partial charge is 0.365 e. The van der Waals surface area contributed by atoms with Gasteiger partial charge >= 0.3 is 0 Å². The van der Waals surface area contributed by atoms with Gasteiger partial charge < -0.3 is 15.0 Å². The summed E-state index contributed by atoms with van der Waals surface area (Å²) < 4.78 is 5.36. The van der Waals surface area contributed by atoms with E-state index in [2.05, 4.69) is 5.32 Å². The molecule has 0 aromatic heterocycles. The van der Waals surface area contributed by atoms with Gasteiger partial charge in [-0.05, 0) is 19.1 Å². The van der Waals surface area contributed by atoms with Crippen LogP contribution in [0, 0.1) is 6.92 Å². The van der Waals surface area contributed by atoms with Crippen molar-refractivity contribution < 1.29 is 14.3 Å². The Labute approximate surface area is 112 Å². The van der Waals surface area contributed by atoms with E-state index in [4.69, 9.17) is 4.74 Å². The summed E-state index contributed by atoms with van der Waals surface area (Å²) in [5.74, 6) is -0.145. The summed E-state index contributed by atoms with van der Waals surface area (Å²) in [5, 5.41) is 2.83. The Hall–Kier alpha value is -1.88. The van der Waals surface area contributed by atoms with Crippen LogP contribution in [0.5, 0.6) is 0 Å². The molecule has 0 spiro atoms. The number of hydrogen-bond acceptors (Lipinski definition) is 3. The number of hydrogen-bond donors (Lipinski definition) is 1. The molecule has 1 aromatic rings. The predicted molar refractivity (Wildman–Crippen MR) is 70.9 cm³/mol. The van der Waals surface area contributed by atoms with Crippen LogP contribution in [-0.4, -0.2) is 49.6 Å². The first kappa shape index (κ1) is 13.5. The monoisotopic (exact) mass is 262 g/mol. The van der Waals surface area contributed by atoms with E-state index in [0.29, 0.717) is 18.7 Å². The van der Waals surface area contributed by atoms with Gasteiger partial charge in [-0.15, -0.1) is 0 Å². The highest BCUT2D eigenvalue weighted by atomic mass is 16.5. The zero-order valence-electron chi connectivity index (χ0n) is 11.2. The van der Waals surface area contributed by atoms with E-state index in [-0.39, 0.29) is 24.5 Å². The smallest absolute Gasteiger partial charge is 0.251 e. The number of nitrogens with one attached hydrogen (secondary N) is 1. The lowest BCUT2D eigenvalue weighted by Gasteiger charge is -2.29. The highest BCUT2D eigenvalue weighted by Crippen LogP contribution is 2.06. The molecule has 1 heterocycles. The zero-order chi connectivity index (χ0) is 13.8. The van der Waals surface area contributed by atoms with Crippen LogP contribution >= 0.6 is 0 Å². The lowest BCUT2D eigenvalue weighted by atomic mass is 10.1. The highest BCUT2D eigenvalue weighted by molar-refractivity contribution is 5.94. The molecule has 0 aliphatic carbocycles. The molecule has 1 aliphatic rings. The van der Waals surface area contributed by atoms with Gasteiger partial charge in [0, 0.05) is 25.7 Å². The van der Waals surface area contributed by atoms with Crippen molar-refractivity contribution in [3.63, 3.8) is 0 Å². The first-order valence-electron chi connectivity index (χ1n) is 6.26. The van der Waals surface area contributed by atoms with E-state index in [1.807, 2.05) is 25.1 Å². The van der Waals surface area contributed by atoms with Crippen LogP contribution in [0.15, 0.2) is 24.3 Å². The van der Waals surface area contributed by atoms with Crippen LogP contribution in [0.2, 0.25) is 0 Å². The van der Waals surface area contributed by atoms with Gasteiger partial charge in [0.05, 0.1) is 6.10 Å². The summed E-state index contributed by atoms with van der Waals surface area (Å²) in [4.78, 5) is 24.8. The third kappa shape index (κ3) is 3.54. The van der Waals surface area contributed by atoms with Crippen molar-refractivity contribution in [3.8, 4) is 0 Å². The zero-order valence-corrected chi connectivity index (χ0v) is 11.2. The molecule has 1 aromatic carbocycles. The molecule has 1 unspecified atom stereocenters. The van der Waals surface area contributed by atoms with Crippen molar-refractivity contribution in [3.05, 3.63) is 35.4 Å². The van der Waals surface area contributed by atoms with Crippen LogP contribution in [0.3, 0.4) is 0 Å². The molecule has 19 heavy (non-hydrogen) atoms. The van der Waals surface area contributed by atoms with Crippen LogP contribution in [-0.2, 0) is 9.53 Å². The van der Waals surface area contributed by atoms with Crippen molar-refractivity contribution in [1.82, 2.24) is 10.2 Å². The molecule has 1 saturated heterocycles. The molecule has 1 atom stereocenters. The van der Waals surface area contributed by atoms with E-state index >= 15 is 0 Å². The number of ether oxygens (including phenoxy) is 1. The van der Waals surface area contributed by atoms with Gasteiger partial charge in [-0.25, -0.2) is 0 Å². The molecular weight excluding hydrogens is 244 g/mol. The average Bonchev–Trinajstić information content (AvgIpc) is 2.40. The number of nitrogens with zero attached hydrogens (tertiary/aromatic N) is 1. The molecule has 2 rings (SSSR count). The van der Waals surface area contributed by atoms with E-state index in [1.165, 1.54) is 0 Å². The van der Waals surface area contributed by atoms with Gasteiger partial charge in [0.25, 0.3) is 5.91 Å². The van der Waals surface area contributed by atoms with E-state index in [9.17, 15) is 9.59 Å². The average molecular weight is 262 g/mol. The van der Waals surface area contributed by atoms with Crippen molar-refractivity contribution >= 4 is 11.8 Å². The normalized spacial score (nSPS) is 19.4. The lowest BCUT2D eigenvalue weighted by Crippen LogP contribution is -2.48. The van der Waals surface area contributed by atoms with Gasteiger partial charge in [0.1, 0.15) is 6.61 Å². The van der Waals surface area contributed by atoms with Crippen molar-refractivity contribution in [2.24, 2.45) is 0 Å². The molecular formula is C14H18N2O3. The number of morpholine rings is 1. The number of aryl methyl sites for hydroxylation is 1. The minimum absolute atomic E-state index is 0.0266. The van der Waals surface area contributed by atoms with Crippen LogP contribution in [0.1, 0.15) is 15.9 Å². The summed E-state index contributed by atoms with van der Waals surface area (Å²) in [7, 11) is 1.74. The van der Waals surface area contributed by atoms with Crippen molar-refractivity contribution in [2.75, 3.05) is 26.7 Å². The summed E-state index contributed by atoms with van der Waals surface area (Å²) in [6, 6.07) is 7.42. The van der Waals surface area contributed by atoms with Gasteiger partial charge in [0.2, 0.25) is 5.91 Å². The first-order valence-corrected chi connectivity index (χ1v) is 6.26. The summed E-state index contributed by atoms with van der Waals surface area (Å²) in [5.41, 5.74) is 1.69. The second-order valence-corrected chi connectivity index (χ2v) is 4.79. The van der Waals surface area contributed by atoms with Gasteiger partial charge in [-0.2, -0.15) is 0 Å². The Balaban J connectivity index is 1.85. The Morgan fingerprint density at radius 1 is 1.53 bits per heavy atom. The SMILES string of the molecule is Cc1cccc(C(=O)NCC2CN(C)C(=O)CO2)c1. The van der Waals surface area contributed by atoms with Gasteiger partial charge in [-0.1, -0.05) is 17.7 Å². The second-order valence-electron chi connectivity index (χ2n) is 4.79. The number of rotatable bonds is 3. The molecule has 0 bridgehead atoms. The van der Waals surface area contributed by atoms with Crippen LogP contribution < -0.4 is 5.32 Å². The fraction of sp³-hybridized carbons (Fsp3) is 0.429. The van der Waals surface area contributed by atoms with E-state index in [1.54, 1.807) is 18.0 Å². The predicted octanol–water partition coefficient (Wildman–Crippen LogP) is 0.582. The maximum atomic E-state index is 11.9. The molecule has 1 aliphatic heterocycles. The second kappa shape index (κ2) is 5.84. The maximum Gasteiger partial charge on any atom is 0.251 e. The molecule has 102 valence electrons. The standard InChI is InChI=1S/C14H18N2O3/c1-10-4-3-5-11(6-10)14(18)15-7-12-8-16(2)13(17)9-19-12/h3-6,12H,7-9H2,1-2H3,(H,15,18). The van der Waals surface area contributed by atoms with Crippen molar-refractivity contribution in [2.45, 2.75) is 13.0 Å². The Kier molecular flexibility index (Phi) is 4.16. The number of benzene rings is 1. The third-order valence-electron chi connectivity index (χ3n) is 3.12. The molecule has 0 saturated carbocycles. The molecule has 1 fully saturated rings. The number of amides is 2. The fourth-order valence-corrected chi connectivity index (χ4v) is 1.98. The fourth-order valence-electron chi connectivity index (χ4n) is 1.98. The topological polar surface area (TPSA) is 58.6 Å². The molecule has 2 amide bonds. The lowest BCUT2D eigenvalue weighted by molar-refractivity contribution is -0.146. The van der Waals surface area contributed by atoms with Gasteiger partial charge in [0.15, 0.2) is 0 Å². The van der Waals surface area contributed by atoms with Crippen LogP contribution in [0.4, 0.5) is 0 Å². The molecule has 0 radical (unpaired) electrons. The first-order chi connectivity index (χ1) is 9.06. The number of carbonyl (C=O) groups excluding carboxylic acids is 2. The van der Waals surface area contributed by atoms with Gasteiger partial charge in [-0.3, -0.25) is 9.59 Å². The number of carbonyl (C=O) groups is 2. The summed E-state index contributed by atoms with van der Waals surface area (Å²) in [6.45, 7) is 2.94. The molecule has 5 nitrogen and oxygen atoms in total. The van der Waals surface area contributed by atoms with Crippen molar-refractivity contribution in [1.29, 1.82) is 0 Å². The maximum absolute atomic E-state index is 11.9. The highest BCUT2D eigenvalue weighted by Gasteiger charge is 2.23. The third-order valence-corrected chi connectivity index (χ3v) is 3.12. The Morgan fingerprint density at radius 3 is 3.00 bits per heavy atom. The Bertz CT molecular complexity index is 487. The number of likely N-dealkylation sites (N-methyl/N-ethyl adjacent to an activating group) is 1. The Morgan fingerprint density at radius 2 is 2.32 bits per heavy atom. The molecule has 5 heteroatoms. The summed E-state index contributed by atoms with van der Waals surface area (Å²) >= 11 is 0. The van der Waals surface area contributed by atoms with E-state index in [0.717, 1.165) is 5.56 Å². The van der Waals surface area contributed by atoms with Crippen LogP contribution in [0.25, 0.3) is 0 Å². The molecule has 1 N–H and O–H groups in total. The van der Waals surface area contributed by atoms with E-state index < -0.39 is 0 Å². The minimum atomic E-state index is -0.142.